The number of carbonyl (C=O) groups excluding carboxylic acids is 1. The van der Waals surface area contributed by atoms with E-state index < -0.39 is 0 Å². The summed E-state index contributed by atoms with van der Waals surface area (Å²) in [5, 5.41) is 0.547. The van der Waals surface area contributed by atoms with Gasteiger partial charge in [0, 0.05) is 24.7 Å². The number of amides is 1. The van der Waals surface area contributed by atoms with Gasteiger partial charge in [-0.05, 0) is 30.3 Å². The number of furan rings is 1. The molecular formula is C19H15ClFNO2. The largest absolute Gasteiger partial charge is 0.451 e. The topological polar surface area (TPSA) is 33.5 Å². The first-order chi connectivity index (χ1) is 11.6. The van der Waals surface area contributed by atoms with Crippen LogP contribution in [-0.4, -0.2) is 17.9 Å². The van der Waals surface area contributed by atoms with Gasteiger partial charge in [-0.15, -0.1) is 0 Å². The fourth-order valence-corrected chi connectivity index (χ4v) is 2.63. The molecule has 5 heteroatoms. The van der Waals surface area contributed by atoms with Gasteiger partial charge in [0.05, 0.1) is 5.02 Å². The number of rotatable bonds is 4. The molecule has 0 aliphatic heterocycles. The van der Waals surface area contributed by atoms with Crippen molar-refractivity contribution in [2.24, 2.45) is 0 Å². The van der Waals surface area contributed by atoms with E-state index in [0.29, 0.717) is 16.3 Å². The summed E-state index contributed by atoms with van der Waals surface area (Å²) in [4.78, 5) is 13.9. The Kier molecular flexibility index (Phi) is 4.67. The summed E-state index contributed by atoms with van der Waals surface area (Å²) in [6.07, 6.45) is 0. The minimum atomic E-state index is -0.339. The quantitative estimate of drug-likeness (QED) is 0.667. The zero-order valence-electron chi connectivity index (χ0n) is 13.0. The highest BCUT2D eigenvalue weighted by atomic mass is 35.5. The smallest absolute Gasteiger partial charge is 0.289 e. The lowest BCUT2D eigenvalue weighted by molar-refractivity contribution is 0.0753. The van der Waals surface area contributed by atoms with Gasteiger partial charge in [0.25, 0.3) is 5.91 Å². The van der Waals surface area contributed by atoms with E-state index in [4.69, 9.17) is 16.0 Å². The summed E-state index contributed by atoms with van der Waals surface area (Å²) < 4.78 is 19.3. The van der Waals surface area contributed by atoms with E-state index >= 15 is 0 Å². The van der Waals surface area contributed by atoms with E-state index in [1.165, 1.54) is 11.0 Å². The molecule has 0 radical (unpaired) electrons. The normalized spacial score (nSPS) is 10.6. The zero-order chi connectivity index (χ0) is 17.1. The van der Waals surface area contributed by atoms with E-state index in [1.54, 1.807) is 43.4 Å². The second-order valence-electron chi connectivity index (χ2n) is 5.40. The van der Waals surface area contributed by atoms with Gasteiger partial charge < -0.3 is 9.32 Å². The molecule has 0 aliphatic carbocycles. The van der Waals surface area contributed by atoms with Crippen molar-refractivity contribution in [3.05, 3.63) is 82.8 Å². The van der Waals surface area contributed by atoms with Crippen molar-refractivity contribution in [3.63, 3.8) is 0 Å². The van der Waals surface area contributed by atoms with Crippen LogP contribution in [0.1, 0.15) is 16.1 Å². The van der Waals surface area contributed by atoms with Crippen LogP contribution in [-0.2, 0) is 6.54 Å². The van der Waals surface area contributed by atoms with E-state index in [-0.39, 0.29) is 24.0 Å². The Bertz CT molecular complexity index is 875. The van der Waals surface area contributed by atoms with Gasteiger partial charge in [-0.25, -0.2) is 4.39 Å². The molecule has 0 bridgehead atoms. The minimum absolute atomic E-state index is 0.160. The Morgan fingerprint density at radius 2 is 1.79 bits per heavy atom. The van der Waals surface area contributed by atoms with Crippen LogP contribution in [0, 0.1) is 5.82 Å². The Balaban J connectivity index is 1.79. The maximum Gasteiger partial charge on any atom is 0.289 e. The maximum absolute atomic E-state index is 13.7. The van der Waals surface area contributed by atoms with Gasteiger partial charge in [-0.2, -0.15) is 0 Å². The van der Waals surface area contributed by atoms with Crippen LogP contribution in [0.4, 0.5) is 4.39 Å². The molecule has 1 heterocycles. The Labute approximate surface area is 144 Å². The third-order valence-corrected chi connectivity index (χ3v) is 4.00. The van der Waals surface area contributed by atoms with Crippen molar-refractivity contribution in [1.82, 2.24) is 4.90 Å². The first-order valence-corrected chi connectivity index (χ1v) is 7.77. The molecule has 1 amide bonds. The number of nitrogens with zero attached hydrogens (tertiary/aromatic N) is 1. The third-order valence-electron chi connectivity index (χ3n) is 3.67. The highest BCUT2D eigenvalue weighted by Crippen LogP contribution is 2.29. The molecule has 0 N–H and O–H groups in total. The van der Waals surface area contributed by atoms with Crippen LogP contribution in [0.2, 0.25) is 5.02 Å². The van der Waals surface area contributed by atoms with Crippen LogP contribution in [0.25, 0.3) is 11.3 Å². The summed E-state index contributed by atoms with van der Waals surface area (Å²) in [5.41, 5.74) is 1.17. The summed E-state index contributed by atoms with van der Waals surface area (Å²) in [6.45, 7) is 0.160. The highest BCUT2D eigenvalue weighted by molar-refractivity contribution is 6.33. The first-order valence-electron chi connectivity index (χ1n) is 7.40. The van der Waals surface area contributed by atoms with Crippen molar-refractivity contribution in [2.45, 2.75) is 6.54 Å². The molecule has 0 spiro atoms. The second-order valence-corrected chi connectivity index (χ2v) is 5.80. The predicted molar refractivity (Wildman–Crippen MR) is 91.4 cm³/mol. The number of benzene rings is 2. The van der Waals surface area contributed by atoms with Gasteiger partial charge in [0.1, 0.15) is 11.6 Å². The average Bonchev–Trinajstić information content (AvgIpc) is 3.06. The summed E-state index contributed by atoms with van der Waals surface area (Å²) >= 11 is 6.14. The molecule has 122 valence electrons. The van der Waals surface area contributed by atoms with Crippen molar-refractivity contribution in [2.75, 3.05) is 7.05 Å². The average molecular weight is 344 g/mol. The van der Waals surface area contributed by atoms with E-state index in [9.17, 15) is 9.18 Å². The number of hydrogen-bond donors (Lipinski definition) is 0. The van der Waals surface area contributed by atoms with E-state index in [2.05, 4.69) is 0 Å². The van der Waals surface area contributed by atoms with Gasteiger partial charge in [-0.1, -0.05) is 41.9 Å². The minimum Gasteiger partial charge on any atom is -0.451 e. The lowest BCUT2D eigenvalue weighted by Gasteiger charge is -2.16. The lowest BCUT2D eigenvalue weighted by Crippen LogP contribution is -2.26. The monoisotopic (exact) mass is 343 g/mol. The fraction of sp³-hybridized carbons (Fsp3) is 0.105. The van der Waals surface area contributed by atoms with Crippen LogP contribution in [0.15, 0.2) is 65.1 Å². The van der Waals surface area contributed by atoms with Crippen molar-refractivity contribution in [3.8, 4) is 11.3 Å². The summed E-state index contributed by atoms with van der Waals surface area (Å²) in [6, 6.07) is 16.9. The van der Waals surface area contributed by atoms with Gasteiger partial charge in [-0.3, -0.25) is 4.79 Å². The Morgan fingerprint density at radius 1 is 1.08 bits per heavy atom. The summed E-state index contributed by atoms with van der Waals surface area (Å²) in [5.74, 6) is 0.0388. The van der Waals surface area contributed by atoms with Crippen LogP contribution in [0.5, 0.6) is 0 Å². The predicted octanol–water partition coefficient (Wildman–Crippen LogP) is 5.01. The molecule has 0 fully saturated rings. The van der Waals surface area contributed by atoms with Crippen molar-refractivity contribution >= 4 is 17.5 Å². The molecule has 0 aliphatic rings. The second kappa shape index (κ2) is 6.89. The van der Waals surface area contributed by atoms with Gasteiger partial charge in [0.15, 0.2) is 5.76 Å². The summed E-state index contributed by atoms with van der Waals surface area (Å²) in [7, 11) is 1.60. The van der Waals surface area contributed by atoms with Gasteiger partial charge >= 0.3 is 0 Å². The molecule has 0 atom stereocenters. The van der Waals surface area contributed by atoms with Crippen molar-refractivity contribution in [1.29, 1.82) is 0 Å². The highest BCUT2D eigenvalue weighted by Gasteiger charge is 2.18. The van der Waals surface area contributed by atoms with Crippen LogP contribution < -0.4 is 0 Å². The standard InChI is InChI=1S/C19H15ClFNO2/c1-22(12-13-6-2-5-9-16(13)21)19(23)18-11-10-17(24-18)14-7-3-4-8-15(14)20/h2-11H,12H2,1H3. The fourth-order valence-electron chi connectivity index (χ4n) is 2.40. The molecule has 24 heavy (non-hydrogen) atoms. The van der Waals surface area contributed by atoms with E-state index in [1.807, 2.05) is 18.2 Å². The lowest BCUT2D eigenvalue weighted by atomic mass is 10.2. The SMILES string of the molecule is CN(Cc1ccccc1F)C(=O)c1ccc(-c2ccccc2Cl)o1. The molecular weight excluding hydrogens is 329 g/mol. The molecule has 0 saturated carbocycles. The number of hydrogen-bond acceptors (Lipinski definition) is 2. The molecule has 3 aromatic rings. The molecule has 3 rings (SSSR count). The van der Waals surface area contributed by atoms with Crippen molar-refractivity contribution < 1.29 is 13.6 Å². The Morgan fingerprint density at radius 3 is 2.54 bits per heavy atom. The molecule has 2 aromatic carbocycles. The Hall–Kier alpha value is -2.59. The van der Waals surface area contributed by atoms with Crippen LogP contribution in [0.3, 0.4) is 0 Å². The number of carbonyl (C=O) groups is 1. The molecule has 1 aromatic heterocycles. The molecule has 3 nitrogen and oxygen atoms in total. The third kappa shape index (κ3) is 3.34. The molecule has 0 unspecified atom stereocenters. The molecule has 0 saturated heterocycles. The maximum atomic E-state index is 13.7. The van der Waals surface area contributed by atoms with Crippen LogP contribution >= 0.6 is 11.6 Å². The number of halogens is 2. The van der Waals surface area contributed by atoms with Gasteiger partial charge in [0.2, 0.25) is 0 Å². The first kappa shape index (κ1) is 16.3. The van der Waals surface area contributed by atoms with E-state index in [0.717, 1.165) is 5.56 Å². The zero-order valence-corrected chi connectivity index (χ0v) is 13.8.